The standard InChI is InChI=1S/C60H42N2/c1-59(2)51-34-18-31-46(56(51)49-36-40-22-12-13-23-41(40)37-53(49)59)44-28-14-15-29-45(44)54-38-55(62-58(61-54)39-20-6-3-7-21-39)48-32-19-35-52-57(48)47-30-16-17-33-50(47)60(52,42-24-8-4-9-25-42)43-26-10-5-11-27-43/h3-38H,1-2H3. The lowest BCUT2D eigenvalue weighted by atomic mass is 9.67. The van der Waals surface area contributed by atoms with E-state index < -0.39 is 5.41 Å². The first-order valence-electron chi connectivity index (χ1n) is 21.6. The van der Waals surface area contributed by atoms with Crippen LogP contribution in [0.15, 0.2) is 218 Å². The third-order valence-electron chi connectivity index (χ3n) is 13.6. The molecule has 10 aromatic rings. The maximum Gasteiger partial charge on any atom is 0.160 e. The van der Waals surface area contributed by atoms with Crippen molar-refractivity contribution in [3.63, 3.8) is 0 Å². The summed E-state index contributed by atoms with van der Waals surface area (Å²) in [5.41, 5.74) is 19.4. The van der Waals surface area contributed by atoms with E-state index in [1.165, 1.54) is 72.0 Å². The Morgan fingerprint density at radius 2 is 0.806 bits per heavy atom. The van der Waals surface area contributed by atoms with Gasteiger partial charge in [-0.2, -0.15) is 0 Å². The van der Waals surface area contributed by atoms with Crippen LogP contribution in [0.3, 0.4) is 0 Å². The molecule has 0 fully saturated rings. The highest BCUT2D eigenvalue weighted by Crippen LogP contribution is 2.59. The fourth-order valence-corrected chi connectivity index (χ4v) is 10.8. The minimum absolute atomic E-state index is 0.152. The molecule has 0 atom stereocenters. The monoisotopic (exact) mass is 790 g/mol. The van der Waals surface area contributed by atoms with Gasteiger partial charge < -0.3 is 0 Å². The van der Waals surface area contributed by atoms with Gasteiger partial charge in [-0.05, 0) is 95.7 Å². The van der Waals surface area contributed by atoms with E-state index in [1.807, 2.05) is 0 Å². The molecular weight excluding hydrogens is 749 g/mol. The highest BCUT2D eigenvalue weighted by Gasteiger charge is 2.47. The average molecular weight is 791 g/mol. The van der Waals surface area contributed by atoms with Gasteiger partial charge >= 0.3 is 0 Å². The van der Waals surface area contributed by atoms with Crippen molar-refractivity contribution in [3.8, 4) is 67.3 Å². The zero-order chi connectivity index (χ0) is 41.4. The van der Waals surface area contributed by atoms with Crippen molar-refractivity contribution in [2.24, 2.45) is 0 Å². The Labute approximate surface area is 362 Å². The lowest BCUT2D eigenvalue weighted by Crippen LogP contribution is -2.28. The molecule has 2 aliphatic carbocycles. The van der Waals surface area contributed by atoms with Gasteiger partial charge in [-0.3, -0.25) is 0 Å². The second-order valence-corrected chi connectivity index (χ2v) is 17.2. The molecule has 12 rings (SSSR count). The fourth-order valence-electron chi connectivity index (χ4n) is 10.8. The summed E-state index contributed by atoms with van der Waals surface area (Å²) in [4.78, 5) is 10.9. The minimum atomic E-state index is -0.516. The van der Waals surface area contributed by atoms with Crippen LogP contribution in [-0.2, 0) is 10.8 Å². The number of nitrogens with zero attached hydrogens (tertiary/aromatic N) is 2. The van der Waals surface area contributed by atoms with Gasteiger partial charge in [-0.1, -0.05) is 214 Å². The molecule has 0 saturated carbocycles. The molecule has 0 amide bonds. The summed E-state index contributed by atoms with van der Waals surface area (Å²) in [5.74, 6) is 0.699. The molecule has 0 saturated heterocycles. The second-order valence-electron chi connectivity index (χ2n) is 17.2. The van der Waals surface area contributed by atoms with E-state index in [-0.39, 0.29) is 5.41 Å². The van der Waals surface area contributed by atoms with Crippen molar-refractivity contribution in [3.05, 3.63) is 252 Å². The predicted octanol–water partition coefficient (Wildman–Crippen LogP) is 15.0. The average Bonchev–Trinajstić information content (AvgIpc) is 3.77. The molecule has 2 heteroatoms. The number of hydrogen-bond acceptors (Lipinski definition) is 2. The summed E-state index contributed by atoms with van der Waals surface area (Å²) in [5, 5.41) is 2.53. The molecule has 0 bridgehead atoms. The lowest BCUT2D eigenvalue weighted by Gasteiger charge is -2.33. The molecule has 2 nitrogen and oxygen atoms in total. The lowest BCUT2D eigenvalue weighted by molar-refractivity contribution is 0.661. The molecular formula is C60H42N2. The SMILES string of the molecule is CC1(C)c2cc3ccccc3cc2-c2c(-c3ccccc3-c3cc(-c4cccc5c4-c4ccccc4C5(c4ccccc4)c4ccccc4)nc(-c4ccccc4)n3)cccc21. The van der Waals surface area contributed by atoms with Crippen LogP contribution in [0.5, 0.6) is 0 Å². The topological polar surface area (TPSA) is 25.8 Å². The number of hydrogen-bond donors (Lipinski definition) is 0. The summed E-state index contributed by atoms with van der Waals surface area (Å²) in [6.07, 6.45) is 0. The van der Waals surface area contributed by atoms with Crippen LogP contribution >= 0.6 is 0 Å². The number of fused-ring (bicyclic) bond motifs is 7. The van der Waals surface area contributed by atoms with Crippen LogP contribution in [0.4, 0.5) is 0 Å². The van der Waals surface area contributed by atoms with Crippen LogP contribution in [0, 0.1) is 0 Å². The molecule has 0 spiro atoms. The maximum absolute atomic E-state index is 5.47. The van der Waals surface area contributed by atoms with Crippen molar-refractivity contribution >= 4 is 10.8 Å². The molecule has 1 aromatic heterocycles. The molecule has 0 radical (unpaired) electrons. The van der Waals surface area contributed by atoms with Crippen molar-refractivity contribution < 1.29 is 0 Å². The third-order valence-corrected chi connectivity index (χ3v) is 13.6. The minimum Gasteiger partial charge on any atom is -0.228 e. The van der Waals surface area contributed by atoms with Gasteiger partial charge in [0, 0.05) is 22.1 Å². The first kappa shape index (κ1) is 36.2. The Hall–Kier alpha value is -7.68. The number of benzene rings is 9. The van der Waals surface area contributed by atoms with E-state index in [4.69, 9.17) is 9.97 Å². The van der Waals surface area contributed by atoms with E-state index >= 15 is 0 Å². The molecule has 0 aliphatic heterocycles. The summed E-state index contributed by atoms with van der Waals surface area (Å²) in [6.45, 7) is 4.73. The largest absolute Gasteiger partial charge is 0.228 e. The number of aromatic nitrogens is 2. The van der Waals surface area contributed by atoms with Gasteiger partial charge in [0.2, 0.25) is 0 Å². The molecule has 9 aromatic carbocycles. The van der Waals surface area contributed by atoms with E-state index in [9.17, 15) is 0 Å². The second kappa shape index (κ2) is 13.9. The smallest absolute Gasteiger partial charge is 0.160 e. The van der Waals surface area contributed by atoms with Gasteiger partial charge in [-0.15, -0.1) is 0 Å². The maximum atomic E-state index is 5.47. The first-order valence-corrected chi connectivity index (χ1v) is 21.6. The molecule has 2 aliphatic rings. The van der Waals surface area contributed by atoms with E-state index in [0.29, 0.717) is 5.82 Å². The third kappa shape index (κ3) is 5.29. The van der Waals surface area contributed by atoms with Crippen LogP contribution in [0.1, 0.15) is 47.2 Å². The zero-order valence-corrected chi connectivity index (χ0v) is 34.7. The van der Waals surface area contributed by atoms with Crippen LogP contribution in [0.25, 0.3) is 78.1 Å². The quantitative estimate of drug-likeness (QED) is 0.168. The Morgan fingerprint density at radius 1 is 0.323 bits per heavy atom. The Kier molecular flexibility index (Phi) is 8.14. The summed E-state index contributed by atoms with van der Waals surface area (Å²) >= 11 is 0. The van der Waals surface area contributed by atoms with Crippen LogP contribution in [0.2, 0.25) is 0 Å². The van der Waals surface area contributed by atoms with Gasteiger partial charge in [-0.25, -0.2) is 9.97 Å². The van der Waals surface area contributed by atoms with Gasteiger partial charge in [0.25, 0.3) is 0 Å². The normalized spacial score (nSPS) is 13.9. The summed E-state index contributed by atoms with van der Waals surface area (Å²) < 4.78 is 0. The summed E-state index contributed by atoms with van der Waals surface area (Å²) in [6, 6.07) is 79.6. The Balaban J connectivity index is 1.11. The van der Waals surface area contributed by atoms with E-state index in [2.05, 4.69) is 232 Å². The van der Waals surface area contributed by atoms with E-state index in [0.717, 1.165) is 33.6 Å². The highest BCUT2D eigenvalue weighted by molar-refractivity contribution is 6.01. The zero-order valence-electron chi connectivity index (χ0n) is 34.7. The fraction of sp³-hybridized carbons (Fsp3) is 0.0667. The molecule has 1 heterocycles. The Morgan fingerprint density at radius 3 is 1.50 bits per heavy atom. The van der Waals surface area contributed by atoms with Crippen molar-refractivity contribution in [2.45, 2.75) is 24.7 Å². The highest BCUT2D eigenvalue weighted by atomic mass is 14.9. The number of rotatable bonds is 6. The van der Waals surface area contributed by atoms with Gasteiger partial charge in [0.1, 0.15) is 0 Å². The molecule has 0 unspecified atom stereocenters. The van der Waals surface area contributed by atoms with E-state index in [1.54, 1.807) is 0 Å². The van der Waals surface area contributed by atoms with Crippen LogP contribution < -0.4 is 0 Å². The Bertz CT molecular complexity index is 3330. The summed E-state index contributed by atoms with van der Waals surface area (Å²) in [7, 11) is 0. The van der Waals surface area contributed by atoms with Crippen molar-refractivity contribution in [1.29, 1.82) is 0 Å². The predicted molar refractivity (Wildman–Crippen MR) is 256 cm³/mol. The first-order chi connectivity index (χ1) is 30.5. The van der Waals surface area contributed by atoms with Gasteiger partial charge in [0.15, 0.2) is 5.82 Å². The molecule has 292 valence electrons. The molecule has 62 heavy (non-hydrogen) atoms. The van der Waals surface area contributed by atoms with Crippen molar-refractivity contribution in [2.75, 3.05) is 0 Å². The van der Waals surface area contributed by atoms with Crippen LogP contribution in [-0.4, -0.2) is 9.97 Å². The molecule has 0 N–H and O–H groups in total. The van der Waals surface area contributed by atoms with Crippen molar-refractivity contribution in [1.82, 2.24) is 9.97 Å². The van der Waals surface area contributed by atoms with Gasteiger partial charge in [0.05, 0.1) is 16.8 Å².